The van der Waals surface area contributed by atoms with E-state index in [0.717, 1.165) is 25.7 Å². The van der Waals surface area contributed by atoms with Gasteiger partial charge in [0.05, 0.1) is 0 Å². The normalized spacial score (nSPS) is 22.8. The minimum Gasteiger partial charge on any atom is -0.382 e. The maximum absolute atomic E-state index is 11.7. The maximum atomic E-state index is 11.7. The van der Waals surface area contributed by atoms with Crippen LogP contribution in [0.15, 0.2) is 0 Å². The lowest BCUT2D eigenvalue weighted by Gasteiger charge is -2.29. The molecule has 0 aromatic heterocycles. The van der Waals surface area contributed by atoms with Crippen LogP contribution >= 0.6 is 0 Å². The Morgan fingerprint density at radius 2 is 1.95 bits per heavy atom. The quantitative estimate of drug-likeness (QED) is 0.563. The molecule has 1 fully saturated rings. The fraction of sp³-hybridized carbons (Fsp3) is 0.857. The van der Waals surface area contributed by atoms with Crippen molar-refractivity contribution in [2.24, 2.45) is 5.92 Å². The molecule has 2 N–H and O–H groups in total. The molecule has 19 heavy (non-hydrogen) atoms. The first-order chi connectivity index (χ1) is 9.15. The number of ether oxygens (including phenoxy) is 1. The summed E-state index contributed by atoms with van der Waals surface area (Å²) in [5, 5.41) is 5.45. The minimum atomic E-state index is -0.533. The van der Waals surface area contributed by atoms with E-state index in [1.165, 1.54) is 6.42 Å². The van der Waals surface area contributed by atoms with E-state index in [1.54, 1.807) is 0 Å². The van der Waals surface area contributed by atoms with Crippen molar-refractivity contribution in [3.8, 4) is 0 Å². The molecule has 2 atom stereocenters. The molecule has 0 saturated heterocycles. The van der Waals surface area contributed by atoms with Crippen LogP contribution in [-0.4, -0.2) is 37.6 Å². The van der Waals surface area contributed by atoms with Gasteiger partial charge in [-0.05, 0) is 32.1 Å². The molecule has 110 valence electrons. The number of hydrogen-bond donors (Lipinski definition) is 2. The fourth-order valence-electron chi connectivity index (χ4n) is 2.37. The Hall–Kier alpha value is -1.10. The number of hydrogen-bond acceptors (Lipinski definition) is 3. The highest BCUT2D eigenvalue weighted by Crippen LogP contribution is 2.23. The van der Waals surface area contributed by atoms with Crippen molar-refractivity contribution in [1.29, 1.82) is 0 Å². The van der Waals surface area contributed by atoms with Crippen molar-refractivity contribution in [3.05, 3.63) is 0 Å². The molecule has 1 rings (SSSR count). The summed E-state index contributed by atoms with van der Waals surface area (Å²) in [6.45, 7) is 5.82. The second-order valence-electron chi connectivity index (χ2n) is 5.15. The number of carbonyl (C=O) groups excluding carboxylic acids is 2. The second kappa shape index (κ2) is 8.91. The van der Waals surface area contributed by atoms with Crippen molar-refractivity contribution in [2.75, 3.05) is 19.8 Å². The molecule has 0 spiro atoms. The molecule has 5 heteroatoms. The Labute approximate surface area is 115 Å². The highest BCUT2D eigenvalue weighted by atomic mass is 16.5. The molecule has 1 aliphatic carbocycles. The lowest BCUT2D eigenvalue weighted by Crippen LogP contribution is -2.47. The van der Waals surface area contributed by atoms with Crippen LogP contribution < -0.4 is 10.6 Å². The molecule has 0 bridgehead atoms. The monoisotopic (exact) mass is 270 g/mol. The van der Waals surface area contributed by atoms with Crippen LogP contribution in [0.1, 0.15) is 46.0 Å². The van der Waals surface area contributed by atoms with Crippen molar-refractivity contribution in [1.82, 2.24) is 10.6 Å². The van der Waals surface area contributed by atoms with Gasteiger partial charge < -0.3 is 15.4 Å². The molecule has 1 saturated carbocycles. The van der Waals surface area contributed by atoms with Gasteiger partial charge in [0.2, 0.25) is 0 Å². The first-order valence-corrected chi connectivity index (χ1v) is 7.31. The molecule has 0 heterocycles. The van der Waals surface area contributed by atoms with E-state index in [1.807, 2.05) is 6.92 Å². The Morgan fingerprint density at radius 3 is 2.63 bits per heavy atom. The predicted octanol–water partition coefficient (Wildman–Crippen LogP) is 1.22. The van der Waals surface area contributed by atoms with Crippen molar-refractivity contribution in [3.63, 3.8) is 0 Å². The Morgan fingerprint density at radius 1 is 1.21 bits per heavy atom. The molecule has 0 aromatic carbocycles. The zero-order chi connectivity index (χ0) is 14.1. The van der Waals surface area contributed by atoms with E-state index in [9.17, 15) is 9.59 Å². The topological polar surface area (TPSA) is 67.4 Å². The van der Waals surface area contributed by atoms with E-state index in [4.69, 9.17) is 4.74 Å². The van der Waals surface area contributed by atoms with Crippen molar-refractivity contribution in [2.45, 2.75) is 52.0 Å². The molecule has 5 nitrogen and oxygen atoms in total. The number of carbonyl (C=O) groups is 2. The van der Waals surface area contributed by atoms with E-state index >= 15 is 0 Å². The minimum absolute atomic E-state index is 0.149. The van der Waals surface area contributed by atoms with E-state index in [-0.39, 0.29) is 6.04 Å². The summed E-state index contributed by atoms with van der Waals surface area (Å²) in [5.41, 5.74) is 0. The average molecular weight is 270 g/mol. The number of nitrogens with one attached hydrogen (secondary N) is 2. The van der Waals surface area contributed by atoms with E-state index in [0.29, 0.717) is 25.7 Å². The van der Waals surface area contributed by atoms with E-state index in [2.05, 4.69) is 17.6 Å². The molecule has 2 amide bonds. The number of rotatable bonds is 6. The van der Waals surface area contributed by atoms with Gasteiger partial charge in [-0.1, -0.05) is 19.8 Å². The Balaban J connectivity index is 2.19. The first-order valence-electron chi connectivity index (χ1n) is 7.31. The van der Waals surface area contributed by atoms with E-state index < -0.39 is 11.8 Å². The summed E-state index contributed by atoms with van der Waals surface area (Å²) < 4.78 is 5.16. The fourth-order valence-corrected chi connectivity index (χ4v) is 2.37. The summed E-state index contributed by atoms with van der Waals surface area (Å²) in [6.07, 6.45) is 5.18. The molecular weight excluding hydrogens is 244 g/mol. The third-order valence-corrected chi connectivity index (χ3v) is 3.59. The lowest BCUT2D eigenvalue weighted by atomic mass is 9.86. The van der Waals surface area contributed by atoms with Gasteiger partial charge in [-0.3, -0.25) is 9.59 Å². The van der Waals surface area contributed by atoms with Gasteiger partial charge in [-0.2, -0.15) is 0 Å². The van der Waals surface area contributed by atoms with Gasteiger partial charge in [-0.25, -0.2) is 0 Å². The molecule has 0 radical (unpaired) electrons. The van der Waals surface area contributed by atoms with Crippen LogP contribution in [0.5, 0.6) is 0 Å². The van der Waals surface area contributed by atoms with Crippen LogP contribution in [0.3, 0.4) is 0 Å². The van der Waals surface area contributed by atoms with Crippen LogP contribution in [0.25, 0.3) is 0 Å². The highest BCUT2D eigenvalue weighted by molar-refractivity contribution is 6.35. The van der Waals surface area contributed by atoms with Crippen LogP contribution in [0.2, 0.25) is 0 Å². The second-order valence-corrected chi connectivity index (χ2v) is 5.15. The van der Waals surface area contributed by atoms with Crippen LogP contribution in [0.4, 0.5) is 0 Å². The van der Waals surface area contributed by atoms with Gasteiger partial charge in [0, 0.05) is 25.8 Å². The summed E-state index contributed by atoms with van der Waals surface area (Å²) in [5.74, 6) is -0.576. The smallest absolute Gasteiger partial charge is 0.309 e. The Kier molecular flexibility index (Phi) is 7.48. The van der Waals surface area contributed by atoms with Gasteiger partial charge in [-0.15, -0.1) is 0 Å². The number of amides is 2. The zero-order valence-corrected chi connectivity index (χ0v) is 12.0. The maximum Gasteiger partial charge on any atom is 0.309 e. The van der Waals surface area contributed by atoms with Gasteiger partial charge in [0.1, 0.15) is 0 Å². The third-order valence-electron chi connectivity index (χ3n) is 3.59. The predicted molar refractivity (Wildman–Crippen MR) is 73.7 cm³/mol. The first kappa shape index (κ1) is 16.0. The van der Waals surface area contributed by atoms with Crippen molar-refractivity contribution < 1.29 is 14.3 Å². The van der Waals surface area contributed by atoms with Crippen LogP contribution in [0, 0.1) is 5.92 Å². The van der Waals surface area contributed by atoms with Crippen LogP contribution in [-0.2, 0) is 14.3 Å². The van der Waals surface area contributed by atoms with Gasteiger partial charge in [0.25, 0.3) is 0 Å². The third kappa shape index (κ3) is 6.05. The summed E-state index contributed by atoms with van der Waals surface area (Å²) in [6, 6.07) is 0.149. The average Bonchev–Trinajstić information content (AvgIpc) is 2.41. The molecule has 2 unspecified atom stereocenters. The van der Waals surface area contributed by atoms with Gasteiger partial charge >= 0.3 is 11.8 Å². The Bertz CT molecular complexity index is 294. The standard InChI is InChI=1S/C14H26N2O3/c1-3-19-10-6-9-15-13(17)14(18)16-12-8-5-4-7-11(12)2/h11-12H,3-10H2,1-2H3,(H,15,17)(H,16,18). The van der Waals surface area contributed by atoms with Gasteiger partial charge in [0.15, 0.2) is 0 Å². The molecule has 0 aliphatic heterocycles. The largest absolute Gasteiger partial charge is 0.382 e. The zero-order valence-electron chi connectivity index (χ0n) is 12.0. The highest BCUT2D eigenvalue weighted by Gasteiger charge is 2.25. The summed E-state index contributed by atoms with van der Waals surface area (Å²) in [7, 11) is 0. The molecular formula is C14H26N2O3. The molecule has 0 aromatic rings. The molecule has 1 aliphatic rings. The van der Waals surface area contributed by atoms with Crippen molar-refractivity contribution >= 4 is 11.8 Å². The SMILES string of the molecule is CCOCCCNC(=O)C(=O)NC1CCCCC1C. The summed E-state index contributed by atoms with van der Waals surface area (Å²) in [4.78, 5) is 23.3. The summed E-state index contributed by atoms with van der Waals surface area (Å²) >= 11 is 0. The lowest BCUT2D eigenvalue weighted by molar-refractivity contribution is -0.140.